The molecule has 0 bridgehead atoms. The first kappa shape index (κ1) is 17.8. The van der Waals surface area contributed by atoms with E-state index in [1.165, 1.54) is 0 Å². The second-order valence-corrected chi connectivity index (χ2v) is 12.1. The van der Waals surface area contributed by atoms with Crippen LogP contribution in [0.25, 0.3) is 0 Å². The molecule has 1 aromatic carbocycles. The third-order valence-corrected chi connectivity index (χ3v) is 5.28. The highest BCUT2D eigenvalue weighted by atomic mass is 32.2. The number of aryl methyl sites for hydroxylation is 1. The molecule has 0 amide bonds. The Hall–Kier alpha value is -1.20. The summed E-state index contributed by atoms with van der Waals surface area (Å²) >= 11 is 0. The summed E-state index contributed by atoms with van der Waals surface area (Å²) in [5.74, 6) is 0. The molecule has 5 nitrogen and oxygen atoms in total. The van der Waals surface area contributed by atoms with E-state index >= 15 is 0 Å². The Labute approximate surface area is 128 Å². The number of hydrogen-bond acceptors (Lipinski definition) is 4. The third-order valence-electron chi connectivity index (χ3n) is 2.71. The van der Waals surface area contributed by atoms with Crippen molar-refractivity contribution in [2.45, 2.75) is 43.9 Å². The summed E-state index contributed by atoms with van der Waals surface area (Å²) in [6.07, 6.45) is 0.0789. The summed E-state index contributed by atoms with van der Waals surface area (Å²) in [7, 11) is -5.39. The molecule has 0 heterocycles. The monoisotopic (exact) mass is 326 g/mol. The predicted octanol–water partition coefficient (Wildman–Crippen LogP) is 2.41. The first-order valence-electron chi connectivity index (χ1n) is 6.74. The van der Waals surface area contributed by atoms with Crippen molar-refractivity contribution in [3.05, 3.63) is 29.8 Å². The summed E-state index contributed by atoms with van der Waals surface area (Å²) in [5.41, 5.74) is 0.990. The Morgan fingerprint density at radius 2 is 1.86 bits per heavy atom. The van der Waals surface area contributed by atoms with Gasteiger partial charge in [0, 0.05) is 0 Å². The molecule has 0 saturated heterocycles. The van der Waals surface area contributed by atoms with Gasteiger partial charge in [-0.25, -0.2) is 13.1 Å². The Morgan fingerprint density at radius 3 is 2.33 bits per heavy atom. The molecule has 1 N–H and O–H groups in total. The Morgan fingerprint density at radius 1 is 1.29 bits per heavy atom. The molecular weight excluding hydrogens is 304 g/mol. The zero-order chi connectivity index (χ0) is 16.1. The van der Waals surface area contributed by atoms with Gasteiger partial charge >= 0.3 is 0 Å². The summed E-state index contributed by atoms with van der Waals surface area (Å²) in [6, 6.07) is 8.06. The van der Waals surface area contributed by atoms with E-state index in [1.807, 2.05) is 32.6 Å². The largest absolute Gasteiger partial charge is 0.416 e. The number of nitrogens with one attached hydrogen (secondary N) is 1. The van der Waals surface area contributed by atoms with Gasteiger partial charge in [0.05, 0.1) is 30.0 Å². The van der Waals surface area contributed by atoms with Gasteiger partial charge in [0.1, 0.15) is 0 Å². The number of nitriles is 1. The van der Waals surface area contributed by atoms with Crippen molar-refractivity contribution < 1.29 is 12.8 Å². The molecule has 7 heteroatoms. The standard InChI is InChI=1S/C14H22N2O3SSi/c1-12-5-7-14(8-6-12)20(17,18)16-13(9-10-15)11-19-21(2,3)4/h5-8,13,16H,9,11H2,1-4H3. The van der Waals surface area contributed by atoms with Crippen LogP contribution in [0.1, 0.15) is 12.0 Å². The number of benzene rings is 1. The zero-order valence-electron chi connectivity index (χ0n) is 12.9. The molecule has 0 aromatic heterocycles. The Balaban J connectivity index is 2.82. The van der Waals surface area contributed by atoms with E-state index in [9.17, 15) is 8.42 Å². The lowest BCUT2D eigenvalue weighted by Gasteiger charge is -2.22. The van der Waals surface area contributed by atoms with E-state index in [-0.39, 0.29) is 17.9 Å². The van der Waals surface area contributed by atoms with Gasteiger partial charge in [-0.15, -0.1) is 0 Å². The maximum atomic E-state index is 12.3. The minimum Gasteiger partial charge on any atom is -0.416 e. The van der Waals surface area contributed by atoms with Gasteiger partial charge in [0.2, 0.25) is 10.0 Å². The van der Waals surface area contributed by atoms with Crippen molar-refractivity contribution >= 4 is 18.3 Å². The van der Waals surface area contributed by atoms with E-state index in [4.69, 9.17) is 9.69 Å². The molecule has 0 radical (unpaired) electrons. The van der Waals surface area contributed by atoms with E-state index in [0.717, 1.165) is 5.56 Å². The lowest BCUT2D eigenvalue weighted by molar-refractivity contribution is 0.274. The van der Waals surface area contributed by atoms with Crippen LogP contribution < -0.4 is 4.72 Å². The van der Waals surface area contributed by atoms with Crippen LogP contribution in [0, 0.1) is 18.3 Å². The molecule has 0 aliphatic carbocycles. The second kappa shape index (κ2) is 7.18. The maximum absolute atomic E-state index is 12.3. The fraction of sp³-hybridized carbons (Fsp3) is 0.500. The molecule has 21 heavy (non-hydrogen) atoms. The molecule has 0 spiro atoms. The zero-order valence-corrected chi connectivity index (χ0v) is 14.7. The molecule has 1 atom stereocenters. The quantitative estimate of drug-likeness (QED) is 0.780. The summed E-state index contributed by atoms with van der Waals surface area (Å²) < 4.78 is 32.8. The van der Waals surface area contributed by atoms with Crippen LogP contribution in [0.5, 0.6) is 0 Å². The number of sulfonamides is 1. The van der Waals surface area contributed by atoms with Crippen LogP contribution >= 0.6 is 0 Å². The summed E-state index contributed by atoms with van der Waals surface area (Å²) in [6.45, 7) is 8.17. The molecule has 0 saturated carbocycles. The van der Waals surface area contributed by atoms with Gasteiger partial charge in [-0.2, -0.15) is 5.26 Å². The summed E-state index contributed by atoms with van der Waals surface area (Å²) in [4.78, 5) is 0.198. The van der Waals surface area contributed by atoms with Crippen LogP contribution in [0.2, 0.25) is 19.6 Å². The van der Waals surface area contributed by atoms with Crippen LogP contribution in [-0.4, -0.2) is 29.4 Å². The average Bonchev–Trinajstić information content (AvgIpc) is 2.35. The minimum absolute atomic E-state index is 0.0789. The van der Waals surface area contributed by atoms with Crippen molar-refractivity contribution in [1.29, 1.82) is 5.26 Å². The fourth-order valence-corrected chi connectivity index (χ4v) is 3.52. The molecular formula is C14H22N2O3SSi. The van der Waals surface area contributed by atoms with E-state index in [0.29, 0.717) is 0 Å². The lowest BCUT2D eigenvalue weighted by atomic mass is 10.2. The van der Waals surface area contributed by atoms with Crippen molar-refractivity contribution in [3.63, 3.8) is 0 Å². The third kappa shape index (κ3) is 6.40. The molecule has 0 fully saturated rings. The van der Waals surface area contributed by atoms with Gasteiger partial charge in [0.25, 0.3) is 0 Å². The van der Waals surface area contributed by atoms with Crippen LogP contribution in [-0.2, 0) is 14.4 Å². The van der Waals surface area contributed by atoms with Crippen LogP contribution in [0.3, 0.4) is 0 Å². The molecule has 116 valence electrons. The molecule has 1 aromatic rings. The van der Waals surface area contributed by atoms with Gasteiger partial charge in [-0.1, -0.05) is 17.7 Å². The van der Waals surface area contributed by atoms with Crippen molar-refractivity contribution in [2.75, 3.05) is 6.61 Å². The van der Waals surface area contributed by atoms with Crippen molar-refractivity contribution in [2.24, 2.45) is 0 Å². The van der Waals surface area contributed by atoms with E-state index in [1.54, 1.807) is 24.3 Å². The second-order valence-electron chi connectivity index (χ2n) is 5.92. The average molecular weight is 326 g/mol. The SMILES string of the molecule is Cc1ccc(S(=O)(=O)NC(CC#N)CO[Si](C)(C)C)cc1. The molecule has 1 rings (SSSR count). The number of nitrogens with zero attached hydrogens (tertiary/aromatic N) is 1. The van der Waals surface area contributed by atoms with E-state index in [2.05, 4.69) is 4.72 Å². The normalized spacial score (nSPS) is 13.7. The van der Waals surface area contributed by atoms with Crippen molar-refractivity contribution in [3.8, 4) is 6.07 Å². The predicted molar refractivity (Wildman–Crippen MR) is 84.8 cm³/mol. The van der Waals surface area contributed by atoms with Gasteiger partial charge in [-0.3, -0.25) is 0 Å². The first-order chi connectivity index (χ1) is 9.64. The molecule has 0 aliphatic heterocycles. The fourth-order valence-electron chi connectivity index (χ4n) is 1.60. The minimum atomic E-state index is -3.63. The number of hydrogen-bond donors (Lipinski definition) is 1. The molecule has 0 aliphatic rings. The van der Waals surface area contributed by atoms with Gasteiger partial charge in [0.15, 0.2) is 8.32 Å². The summed E-state index contributed by atoms with van der Waals surface area (Å²) in [5, 5.41) is 8.84. The highest BCUT2D eigenvalue weighted by Crippen LogP contribution is 2.12. The highest BCUT2D eigenvalue weighted by molar-refractivity contribution is 7.89. The number of rotatable bonds is 7. The van der Waals surface area contributed by atoms with Gasteiger partial charge in [-0.05, 0) is 38.7 Å². The lowest BCUT2D eigenvalue weighted by Crippen LogP contribution is -2.41. The smallest absolute Gasteiger partial charge is 0.240 e. The Bertz CT molecular complexity index is 601. The maximum Gasteiger partial charge on any atom is 0.240 e. The van der Waals surface area contributed by atoms with Crippen LogP contribution in [0.15, 0.2) is 29.2 Å². The highest BCUT2D eigenvalue weighted by Gasteiger charge is 2.23. The van der Waals surface area contributed by atoms with Crippen LogP contribution in [0.4, 0.5) is 0 Å². The molecule has 1 unspecified atom stereocenters. The van der Waals surface area contributed by atoms with Crippen molar-refractivity contribution in [1.82, 2.24) is 4.72 Å². The topological polar surface area (TPSA) is 79.2 Å². The first-order valence-corrected chi connectivity index (χ1v) is 11.6. The van der Waals surface area contributed by atoms with Gasteiger partial charge < -0.3 is 4.43 Å². The van der Waals surface area contributed by atoms with E-state index < -0.39 is 24.4 Å². The Kier molecular flexibility index (Phi) is 6.10.